The molecule has 3 heteroatoms. The van der Waals surface area contributed by atoms with Crippen LogP contribution in [0.1, 0.15) is 16.7 Å². The van der Waals surface area contributed by atoms with Crippen LogP contribution < -0.4 is 11.1 Å². The molecule has 2 aromatic carbocycles. The van der Waals surface area contributed by atoms with Crippen LogP contribution in [0.25, 0.3) is 0 Å². The van der Waals surface area contributed by atoms with Crippen molar-refractivity contribution in [2.75, 3.05) is 17.6 Å². The van der Waals surface area contributed by atoms with Gasteiger partial charge in [0.15, 0.2) is 0 Å². The second-order valence-corrected chi connectivity index (χ2v) is 4.83. The van der Waals surface area contributed by atoms with Gasteiger partial charge in [-0.25, -0.2) is 4.39 Å². The SMILES string of the molecule is Cc1ccc(CCNc2cc(F)ccc2N)cc1C. The summed E-state index contributed by atoms with van der Waals surface area (Å²) >= 11 is 0. The predicted octanol–water partition coefficient (Wildman–Crippen LogP) is 3.68. The van der Waals surface area contributed by atoms with E-state index in [9.17, 15) is 4.39 Å². The van der Waals surface area contributed by atoms with E-state index >= 15 is 0 Å². The molecule has 0 fully saturated rings. The topological polar surface area (TPSA) is 38.0 Å². The van der Waals surface area contributed by atoms with E-state index in [0.29, 0.717) is 11.4 Å². The van der Waals surface area contributed by atoms with Crippen LogP contribution in [0.4, 0.5) is 15.8 Å². The highest BCUT2D eigenvalue weighted by atomic mass is 19.1. The van der Waals surface area contributed by atoms with Gasteiger partial charge in [0, 0.05) is 6.54 Å². The summed E-state index contributed by atoms with van der Waals surface area (Å²) < 4.78 is 13.1. The molecule has 0 aliphatic rings. The fourth-order valence-corrected chi connectivity index (χ4v) is 1.98. The third kappa shape index (κ3) is 3.47. The Bertz CT molecular complexity index is 579. The smallest absolute Gasteiger partial charge is 0.125 e. The molecule has 0 saturated heterocycles. The average Bonchev–Trinajstić information content (AvgIpc) is 2.38. The molecular weight excluding hydrogens is 239 g/mol. The van der Waals surface area contributed by atoms with Gasteiger partial charge >= 0.3 is 0 Å². The minimum absolute atomic E-state index is 0.275. The summed E-state index contributed by atoms with van der Waals surface area (Å²) in [5, 5.41) is 3.17. The molecule has 0 saturated carbocycles. The number of benzene rings is 2. The summed E-state index contributed by atoms with van der Waals surface area (Å²) in [6.45, 7) is 4.94. The second kappa shape index (κ2) is 5.74. The van der Waals surface area contributed by atoms with Crippen LogP contribution in [0, 0.1) is 19.7 Å². The van der Waals surface area contributed by atoms with Crippen molar-refractivity contribution in [1.82, 2.24) is 0 Å². The number of rotatable bonds is 4. The lowest BCUT2D eigenvalue weighted by molar-refractivity contribution is 0.628. The van der Waals surface area contributed by atoms with Crippen LogP contribution in [0.5, 0.6) is 0 Å². The van der Waals surface area contributed by atoms with E-state index in [1.165, 1.54) is 28.8 Å². The fourth-order valence-electron chi connectivity index (χ4n) is 1.98. The molecule has 0 aliphatic heterocycles. The lowest BCUT2D eigenvalue weighted by atomic mass is 10.0. The lowest BCUT2D eigenvalue weighted by Gasteiger charge is -2.10. The quantitative estimate of drug-likeness (QED) is 0.821. The number of nitrogen functional groups attached to an aromatic ring is 1. The van der Waals surface area contributed by atoms with E-state index in [2.05, 4.69) is 37.4 Å². The summed E-state index contributed by atoms with van der Waals surface area (Å²) in [6.07, 6.45) is 0.886. The third-order valence-electron chi connectivity index (χ3n) is 3.32. The molecule has 2 rings (SSSR count). The summed E-state index contributed by atoms with van der Waals surface area (Å²) in [7, 11) is 0. The first-order valence-corrected chi connectivity index (χ1v) is 6.41. The molecule has 2 aromatic rings. The maximum Gasteiger partial charge on any atom is 0.125 e. The van der Waals surface area contributed by atoms with Crippen LogP contribution in [-0.2, 0) is 6.42 Å². The Labute approximate surface area is 113 Å². The zero-order chi connectivity index (χ0) is 13.8. The molecule has 0 spiro atoms. The first kappa shape index (κ1) is 13.4. The highest BCUT2D eigenvalue weighted by Gasteiger charge is 2.01. The van der Waals surface area contributed by atoms with Crippen LogP contribution >= 0.6 is 0 Å². The van der Waals surface area contributed by atoms with Gasteiger partial charge in [0.05, 0.1) is 11.4 Å². The largest absolute Gasteiger partial charge is 0.397 e. The minimum Gasteiger partial charge on any atom is -0.397 e. The average molecular weight is 258 g/mol. The molecule has 0 aromatic heterocycles. The van der Waals surface area contributed by atoms with Crippen molar-refractivity contribution in [3.63, 3.8) is 0 Å². The molecule has 3 N–H and O–H groups in total. The summed E-state index contributed by atoms with van der Waals surface area (Å²) in [6, 6.07) is 10.8. The third-order valence-corrected chi connectivity index (χ3v) is 3.32. The van der Waals surface area contributed by atoms with Gasteiger partial charge in [-0.1, -0.05) is 18.2 Å². The Morgan fingerprint density at radius 3 is 2.58 bits per heavy atom. The van der Waals surface area contributed by atoms with Crippen molar-refractivity contribution in [2.24, 2.45) is 0 Å². The Morgan fingerprint density at radius 1 is 1.05 bits per heavy atom. The first-order valence-electron chi connectivity index (χ1n) is 6.41. The summed E-state index contributed by atoms with van der Waals surface area (Å²) in [4.78, 5) is 0. The van der Waals surface area contributed by atoms with Crippen molar-refractivity contribution in [3.05, 3.63) is 58.9 Å². The highest BCUT2D eigenvalue weighted by Crippen LogP contribution is 2.19. The predicted molar refractivity (Wildman–Crippen MR) is 78.9 cm³/mol. The summed E-state index contributed by atoms with van der Waals surface area (Å²) in [5.41, 5.74) is 10.9. The van der Waals surface area contributed by atoms with Crippen molar-refractivity contribution in [2.45, 2.75) is 20.3 Å². The van der Waals surface area contributed by atoms with Gasteiger partial charge in [-0.3, -0.25) is 0 Å². The Hall–Kier alpha value is -2.03. The zero-order valence-electron chi connectivity index (χ0n) is 11.3. The van der Waals surface area contributed by atoms with E-state index in [4.69, 9.17) is 5.73 Å². The number of halogens is 1. The fraction of sp³-hybridized carbons (Fsp3) is 0.250. The Kier molecular flexibility index (Phi) is 4.05. The van der Waals surface area contributed by atoms with Crippen LogP contribution in [0.2, 0.25) is 0 Å². The van der Waals surface area contributed by atoms with E-state index in [1.807, 2.05) is 0 Å². The molecule has 0 radical (unpaired) electrons. The summed E-state index contributed by atoms with van der Waals surface area (Å²) in [5.74, 6) is -0.275. The van der Waals surface area contributed by atoms with Crippen molar-refractivity contribution >= 4 is 11.4 Å². The van der Waals surface area contributed by atoms with E-state index in [1.54, 1.807) is 6.07 Å². The molecule has 100 valence electrons. The number of nitrogens with two attached hydrogens (primary N) is 1. The highest BCUT2D eigenvalue weighted by molar-refractivity contribution is 5.65. The van der Waals surface area contributed by atoms with Crippen LogP contribution in [0.15, 0.2) is 36.4 Å². The number of nitrogens with one attached hydrogen (secondary N) is 1. The first-order chi connectivity index (χ1) is 9.06. The van der Waals surface area contributed by atoms with Crippen molar-refractivity contribution < 1.29 is 4.39 Å². The molecule has 2 nitrogen and oxygen atoms in total. The number of anilines is 2. The molecule has 0 bridgehead atoms. The standard InChI is InChI=1S/C16H19FN2/c1-11-3-4-13(9-12(11)2)7-8-19-16-10-14(17)5-6-15(16)18/h3-6,9-10,19H,7-8,18H2,1-2H3. The van der Waals surface area contributed by atoms with Gasteiger partial charge in [-0.05, 0) is 55.2 Å². The maximum atomic E-state index is 13.1. The van der Waals surface area contributed by atoms with Gasteiger partial charge in [-0.2, -0.15) is 0 Å². The van der Waals surface area contributed by atoms with Crippen molar-refractivity contribution in [3.8, 4) is 0 Å². The van der Waals surface area contributed by atoms with E-state index in [0.717, 1.165) is 13.0 Å². The number of hydrogen-bond donors (Lipinski definition) is 2. The minimum atomic E-state index is -0.275. The molecular formula is C16H19FN2. The normalized spacial score (nSPS) is 10.5. The Morgan fingerprint density at radius 2 is 1.84 bits per heavy atom. The molecule has 0 atom stereocenters. The second-order valence-electron chi connectivity index (χ2n) is 4.83. The number of hydrogen-bond acceptors (Lipinski definition) is 2. The van der Waals surface area contributed by atoms with Gasteiger partial charge in [0.2, 0.25) is 0 Å². The molecule has 0 amide bonds. The van der Waals surface area contributed by atoms with Gasteiger partial charge < -0.3 is 11.1 Å². The molecule has 19 heavy (non-hydrogen) atoms. The zero-order valence-corrected chi connectivity index (χ0v) is 11.3. The van der Waals surface area contributed by atoms with Crippen LogP contribution in [-0.4, -0.2) is 6.54 Å². The van der Waals surface area contributed by atoms with E-state index in [-0.39, 0.29) is 5.82 Å². The molecule has 0 heterocycles. The van der Waals surface area contributed by atoms with E-state index < -0.39 is 0 Å². The maximum absolute atomic E-state index is 13.1. The Balaban J connectivity index is 1.96. The van der Waals surface area contributed by atoms with Crippen molar-refractivity contribution in [1.29, 1.82) is 0 Å². The van der Waals surface area contributed by atoms with Gasteiger partial charge in [0.25, 0.3) is 0 Å². The van der Waals surface area contributed by atoms with Gasteiger partial charge in [-0.15, -0.1) is 0 Å². The molecule has 0 aliphatic carbocycles. The molecule has 0 unspecified atom stereocenters. The van der Waals surface area contributed by atoms with Gasteiger partial charge in [0.1, 0.15) is 5.82 Å². The monoisotopic (exact) mass is 258 g/mol. The van der Waals surface area contributed by atoms with Crippen LogP contribution in [0.3, 0.4) is 0 Å². The number of aryl methyl sites for hydroxylation is 2. The lowest BCUT2D eigenvalue weighted by Crippen LogP contribution is -2.07.